The van der Waals surface area contributed by atoms with Gasteiger partial charge in [-0.3, -0.25) is 0 Å². The standard InChI is InChI=1S/C15H14ClFN2OS/c1-20-14-7-2-10(8-13(14)17)9-21-15(18)19-12-5-3-11(16)4-6-12/h2-8H,9H2,1H3,(H2,18,19). The first-order valence-electron chi connectivity index (χ1n) is 6.13. The molecule has 2 N–H and O–H groups in total. The van der Waals surface area contributed by atoms with Gasteiger partial charge in [0.1, 0.15) is 0 Å². The van der Waals surface area contributed by atoms with E-state index >= 15 is 0 Å². The molecule has 2 rings (SSSR count). The average Bonchev–Trinajstić information content (AvgIpc) is 2.48. The van der Waals surface area contributed by atoms with Crippen molar-refractivity contribution >= 4 is 34.2 Å². The maximum Gasteiger partial charge on any atom is 0.165 e. The van der Waals surface area contributed by atoms with E-state index in [0.29, 0.717) is 15.9 Å². The zero-order chi connectivity index (χ0) is 15.2. The van der Waals surface area contributed by atoms with Crippen molar-refractivity contribution in [2.75, 3.05) is 7.11 Å². The molecule has 0 spiro atoms. The Labute approximate surface area is 132 Å². The van der Waals surface area contributed by atoms with Gasteiger partial charge < -0.3 is 10.5 Å². The number of nitrogens with zero attached hydrogens (tertiary/aromatic N) is 1. The number of rotatable bonds is 4. The van der Waals surface area contributed by atoms with Crippen molar-refractivity contribution < 1.29 is 9.13 Å². The summed E-state index contributed by atoms with van der Waals surface area (Å²) < 4.78 is 18.4. The van der Waals surface area contributed by atoms with Crippen molar-refractivity contribution in [1.29, 1.82) is 0 Å². The predicted octanol–water partition coefficient (Wildman–Crippen LogP) is 4.37. The van der Waals surface area contributed by atoms with E-state index in [4.69, 9.17) is 22.1 Å². The molecule has 0 saturated carbocycles. The van der Waals surface area contributed by atoms with Gasteiger partial charge >= 0.3 is 0 Å². The number of hydrogen-bond donors (Lipinski definition) is 1. The number of methoxy groups -OCH3 is 1. The van der Waals surface area contributed by atoms with Crippen molar-refractivity contribution in [2.45, 2.75) is 5.75 Å². The molecule has 0 aromatic heterocycles. The normalized spacial score (nSPS) is 11.5. The summed E-state index contributed by atoms with van der Waals surface area (Å²) in [5.41, 5.74) is 7.39. The molecule has 0 fully saturated rings. The molecule has 0 amide bonds. The molecule has 6 heteroatoms. The molecule has 0 heterocycles. The van der Waals surface area contributed by atoms with Gasteiger partial charge in [-0.25, -0.2) is 9.38 Å². The van der Waals surface area contributed by atoms with Gasteiger partial charge in [0.25, 0.3) is 0 Å². The molecule has 0 saturated heterocycles. The van der Waals surface area contributed by atoms with Gasteiger partial charge in [-0.15, -0.1) is 0 Å². The Balaban J connectivity index is 1.98. The minimum Gasteiger partial charge on any atom is -0.494 e. The molecule has 2 aromatic rings. The molecule has 0 unspecified atom stereocenters. The van der Waals surface area contributed by atoms with E-state index in [1.807, 2.05) is 0 Å². The van der Waals surface area contributed by atoms with Gasteiger partial charge in [0.05, 0.1) is 12.8 Å². The van der Waals surface area contributed by atoms with Gasteiger partial charge in [-0.05, 0) is 42.0 Å². The minimum absolute atomic E-state index is 0.228. The molecule has 0 aliphatic heterocycles. The topological polar surface area (TPSA) is 47.6 Å². The monoisotopic (exact) mass is 324 g/mol. The second kappa shape index (κ2) is 7.33. The van der Waals surface area contributed by atoms with Crippen molar-refractivity contribution in [1.82, 2.24) is 0 Å². The Morgan fingerprint density at radius 3 is 2.62 bits per heavy atom. The van der Waals surface area contributed by atoms with Crippen LogP contribution in [-0.2, 0) is 5.75 Å². The second-order valence-electron chi connectivity index (χ2n) is 4.18. The molecule has 0 bridgehead atoms. The third-order valence-electron chi connectivity index (χ3n) is 2.67. The summed E-state index contributed by atoms with van der Waals surface area (Å²) >= 11 is 7.14. The lowest BCUT2D eigenvalue weighted by Crippen LogP contribution is -2.06. The number of halogens is 2. The number of nitrogens with two attached hydrogens (primary N) is 1. The van der Waals surface area contributed by atoms with Crippen LogP contribution in [-0.4, -0.2) is 12.3 Å². The number of hydrogen-bond acceptors (Lipinski definition) is 3. The van der Waals surface area contributed by atoms with Crippen LogP contribution in [0.3, 0.4) is 0 Å². The molecular weight excluding hydrogens is 311 g/mol. The quantitative estimate of drug-likeness (QED) is 0.671. The van der Waals surface area contributed by atoms with Gasteiger partial charge in [-0.1, -0.05) is 29.4 Å². The van der Waals surface area contributed by atoms with E-state index < -0.39 is 0 Å². The summed E-state index contributed by atoms with van der Waals surface area (Å²) in [6.45, 7) is 0. The molecule has 0 radical (unpaired) electrons. The first-order chi connectivity index (χ1) is 10.1. The molecule has 110 valence electrons. The summed E-state index contributed by atoms with van der Waals surface area (Å²) in [6.07, 6.45) is 0. The van der Waals surface area contributed by atoms with Gasteiger partial charge in [0, 0.05) is 10.8 Å². The number of amidine groups is 1. The van der Waals surface area contributed by atoms with Crippen LogP contribution in [0.1, 0.15) is 5.56 Å². The number of thioether (sulfide) groups is 1. The smallest absolute Gasteiger partial charge is 0.165 e. The van der Waals surface area contributed by atoms with Gasteiger partial charge in [-0.2, -0.15) is 0 Å². The molecular formula is C15H14ClFN2OS. The largest absolute Gasteiger partial charge is 0.494 e. The van der Waals surface area contributed by atoms with E-state index in [0.717, 1.165) is 11.3 Å². The predicted molar refractivity (Wildman–Crippen MR) is 87.0 cm³/mol. The summed E-state index contributed by atoms with van der Waals surface area (Å²) in [5.74, 6) is 0.375. The second-order valence-corrected chi connectivity index (χ2v) is 5.62. The third-order valence-corrected chi connectivity index (χ3v) is 3.79. The average molecular weight is 325 g/mol. The van der Waals surface area contributed by atoms with Gasteiger partial charge in [0.15, 0.2) is 16.7 Å². The highest BCUT2D eigenvalue weighted by Gasteiger charge is 2.04. The fourth-order valence-corrected chi connectivity index (χ4v) is 2.42. The molecule has 0 atom stereocenters. The van der Waals surface area contributed by atoms with Crippen LogP contribution in [0.5, 0.6) is 5.75 Å². The summed E-state index contributed by atoms with van der Waals surface area (Å²) in [7, 11) is 1.43. The lowest BCUT2D eigenvalue weighted by Gasteiger charge is -2.05. The highest BCUT2D eigenvalue weighted by molar-refractivity contribution is 8.13. The van der Waals surface area contributed by atoms with Crippen LogP contribution in [0, 0.1) is 5.82 Å². The maximum absolute atomic E-state index is 13.6. The fraction of sp³-hybridized carbons (Fsp3) is 0.133. The van der Waals surface area contributed by atoms with Gasteiger partial charge in [0.2, 0.25) is 0 Å². The highest BCUT2D eigenvalue weighted by atomic mass is 35.5. The van der Waals surface area contributed by atoms with Crippen molar-refractivity contribution in [3.05, 3.63) is 58.9 Å². The molecule has 21 heavy (non-hydrogen) atoms. The minimum atomic E-state index is -0.385. The Morgan fingerprint density at radius 1 is 1.29 bits per heavy atom. The molecule has 3 nitrogen and oxygen atoms in total. The highest BCUT2D eigenvalue weighted by Crippen LogP contribution is 2.22. The third kappa shape index (κ3) is 4.65. The van der Waals surface area contributed by atoms with E-state index in [-0.39, 0.29) is 11.6 Å². The van der Waals surface area contributed by atoms with E-state index in [1.54, 1.807) is 36.4 Å². The van der Waals surface area contributed by atoms with Crippen LogP contribution in [0.25, 0.3) is 0 Å². The summed E-state index contributed by atoms with van der Waals surface area (Å²) in [5, 5.41) is 1.06. The van der Waals surface area contributed by atoms with Crippen LogP contribution in [0.4, 0.5) is 10.1 Å². The lowest BCUT2D eigenvalue weighted by molar-refractivity contribution is 0.386. The number of ether oxygens (including phenoxy) is 1. The van der Waals surface area contributed by atoms with Crippen LogP contribution in [0.2, 0.25) is 5.02 Å². The maximum atomic E-state index is 13.6. The van der Waals surface area contributed by atoms with Crippen LogP contribution >= 0.6 is 23.4 Å². The van der Waals surface area contributed by atoms with Crippen molar-refractivity contribution in [2.24, 2.45) is 10.7 Å². The zero-order valence-corrected chi connectivity index (χ0v) is 12.9. The number of aliphatic imine (C=N–C) groups is 1. The van der Waals surface area contributed by atoms with E-state index in [9.17, 15) is 4.39 Å². The molecule has 2 aromatic carbocycles. The van der Waals surface area contributed by atoms with Crippen LogP contribution < -0.4 is 10.5 Å². The lowest BCUT2D eigenvalue weighted by atomic mass is 10.2. The van der Waals surface area contributed by atoms with E-state index in [2.05, 4.69) is 4.99 Å². The molecule has 0 aliphatic rings. The first kappa shape index (κ1) is 15.7. The Morgan fingerprint density at radius 2 is 2.00 bits per heavy atom. The first-order valence-corrected chi connectivity index (χ1v) is 7.50. The fourth-order valence-electron chi connectivity index (χ4n) is 1.63. The van der Waals surface area contributed by atoms with E-state index in [1.165, 1.54) is 24.9 Å². The van der Waals surface area contributed by atoms with Crippen LogP contribution in [0.15, 0.2) is 47.5 Å². The number of benzene rings is 2. The Hall–Kier alpha value is -1.72. The zero-order valence-electron chi connectivity index (χ0n) is 11.3. The Kier molecular flexibility index (Phi) is 5.47. The van der Waals surface area contributed by atoms with Crippen molar-refractivity contribution in [3.8, 4) is 5.75 Å². The van der Waals surface area contributed by atoms with Crippen molar-refractivity contribution in [3.63, 3.8) is 0 Å². The molecule has 0 aliphatic carbocycles. The Bertz CT molecular complexity index is 647. The SMILES string of the molecule is COc1ccc(CSC(N)=Nc2ccc(Cl)cc2)cc1F. The summed E-state index contributed by atoms with van der Waals surface area (Å²) in [4.78, 5) is 4.25. The summed E-state index contributed by atoms with van der Waals surface area (Å²) in [6, 6.07) is 11.9.